The molecule has 0 aromatic carbocycles. The summed E-state index contributed by atoms with van der Waals surface area (Å²) in [5, 5.41) is 0. The Balaban J connectivity index is 3.41. The lowest BCUT2D eigenvalue weighted by Crippen LogP contribution is -1.77. The van der Waals surface area contributed by atoms with E-state index in [4.69, 9.17) is 0 Å². The van der Waals surface area contributed by atoms with E-state index in [0.29, 0.717) is 0 Å². The molecule has 1 heterocycles. The van der Waals surface area contributed by atoms with Crippen LogP contribution in [0.3, 0.4) is 0 Å². The van der Waals surface area contributed by atoms with Crippen molar-refractivity contribution in [2.75, 3.05) is 0 Å². The van der Waals surface area contributed by atoms with E-state index in [0.717, 1.165) is 17.0 Å². The van der Waals surface area contributed by atoms with Crippen molar-refractivity contribution in [2.24, 2.45) is 0 Å². The molecule has 0 saturated heterocycles. The minimum atomic E-state index is 1.06. The first-order chi connectivity index (χ1) is 8.28. The molecule has 1 rings (SSSR count). The van der Waals surface area contributed by atoms with Gasteiger partial charge < -0.3 is 4.98 Å². The van der Waals surface area contributed by atoms with Gasteiger partial charge in [0.1, 0.15) is 0 Å². The fraction of sp³-hybridized carbons (Fsp3) is 0.125. The van der Waals surface area contributed by atoms with Gasteiger partial charge in [-0.2, -0.15) is 0 Å². The second kappa shape index (κ2) is 6.54. The molecule has 1 nitrogen and oxygen atoms in total. The Hall–Kier alpha value is -2.02. The van der Waals surface area contributed by atoms with Crippen LogP contribution < -0.4 is 0 Å². The van der Waals surface area contributed by atoms with Crippen molar-refractivity contribution in [3.63, 3.8) is 0 Å². The maximum atomic E-state index is 3.88. The molecule has 0 spiro atoms. The minimum absolute atomic E-state index is 1.06. The zero-order valence-electron chi connectivity index (χ0n) is 10.5. The number of hydrogen-bond donors (Lipinski definition) is 1. The average Bonchev–Trinajstić information content (AvgIpc) is 2.65. The molecule has 0 saturated carbocycles. The molecule has 1 aromatic rings. The molecular weight excluding hydrogens is 206 g/mol. The van der Waals surface area contributed by atoms with Gasteiger partial charge >= 0.3 is 0 Å². The van der Waals surface area contributed by atoms with Crippen molar-refractivity contribution in [1.82, 2.24) is 4.98 Å². The summed E-state index contributed by atoms with van der Waals surface area (Å²) in [6.07, 6.45) is 15.8. The summed E-state index contributed by atoms with van der Waals surface area (Å²) < 4.78 is 0. The third kappa shape index (κ3) is 2.97. The molecule has 0 aliphatic heterocycles. The lowest BCUT2D eigenvalue weighted by Gasteiger charge is -1.95. The van der Waals surface area contributed by atoms with Crippen LogP contribution in [0.5, 0.6) is 0 Å². The minimum Gasteiger partial charge on any atom is -0.355 e. The highest BCUT2D eigenvalue weighted by Gasteiger charge is 2.08. The van der Waals surface area contributed by atoms with Gasteiger partial charge in [-0.25, -0.2) is 0 Å². The van der Waals surface area contributed by atoms with Gasteiger partial charge in [-0.05, 0) is 26.0 Å². The maximum Gasteiger partial charge on any atom is 0.0464 e. The lowest BCUT2D eigenvalue weighted by atomic mass is 10.1. The van der Waals surface area contributed by atoms with E-state index in [-0.39, 0.29) is 0 Å². The Bertz CT molecular complexity index is 482. The van der Waals surface area contributed by atoms with Crippen LogP contribution in [0.15, 0.2) is 37.5 Å². The Labute approximate surface area is 104 Å². The standard InChI is InChI=1S/C16H19N/c1-5-9-12-16-13(8-4)14(10-6-2)15(17-16)11-7-3/h5-12,17H,1,4H2,2-3H3/b10-6-,11-7-,12-9-. The van der Waals surface area contributed by atoms with Crippen molar-refractivity contribution in [3.8, 4) is 0 Å². The molecule has 0 aliphatic rings. The van der Waals surface area contributed by atoms with Crippen molar-refractivity contribution >= 4 is 24.3 Å². The van der Waals surface area contributed by atoms with Crippen molar-refractivity contribution in [1.29, 1.82) is 0 Å². The van der Waals surface area contributed by atoms with Crippen LogP contribution in [0, 0.1) is 0 Å². The van der Waals surface area contributed by atoms with Gasteiger partial charge in [0.2, 0.25) is 0 Å². The first-order valence-corrected chi connectivity index (χ1v) is 5.71. The topological polar surface area (TPSA) is 15.8 Å². The fourth-order valence-corrected chi connectivity index (χ4v) is 1.73. The highest BCUT2D eigenvalue weighted by Crippen LogP contribution is 2.24. The molecule has 1 N–H and O–H groups in total. The zero-order chi connectivity index (χ0) is 12.7. The van der Waals surface area contributed by atoms with Crippen LogP contribution >= 0.6 is 0 Å². The normalized spacial score (nSPS) is 11.9. The van der Waals surface area contributed by atoms with E-state index >= 15 is 0 Å². The van der Waals surface area contributed by atoms with Crippen LogP contribution in [0.25, 0.3) is 24.3 Å². The second-order valence-corrected chi connectivity index (χ2v) is 3.58. The number of H-pyrrole nitrogens is 1. The predicted molar refractivity (Wildman–Crippen MR) is 79.5 cm³/mol. The molecule has 88 valence electrons. The molecule has 0 atom stereocenters. The third-order valence-electron chi connectivity index (χ3n) is 2.41. The Morgan fingerprint density at radius 1 is 0.882 bits per heavy atom. The summed E-state index contributed by atoms with van der Waals surface area (Å²) in [6, 6.07) is 0. The van der Waals surface area contributed by atoms with E-state index < -0.39 is 0 Å². The lowest BCUT2D eigenvalue weighted by molar-refractivity contribution is 1.34. The maximum absolute atomic E-state index is 3.88. The highest BCUT2D eigenvalue weighted by atomic mass is 14.7. The summed E-state index contributed by atoms with van der Waals surface area (Å²) in [6.45, 7) is 11.6. The molecule has 1 aromatic heterocycles. The van der Waals surface area contributed by atoms with Gasteiger partial charge in [0.15, 0.2) is 0 Å². The largest absolute Gasteiger partial charge is 0.355 e. The van der Waals surface area contributed by atoms with Gasteiger partial charge in [-0.3, -0.25) is 0 Å². The first kappa shape index (κ1) is 13.0. The van der Waals surface area contributed by atoms with E-state index in [1.165, 1.54) is 5.56 Å². The second-order valence-electron chi connectivity index (χ2n) is 3.58. The van der Waals surface area contributed by atoms with Crippen LogP contribution in [-0.2, 0) is 0 Å². The van der Waals surface area contributed by atoms with Crippen molar-refractivity contribution < 1.29 is 0 Å². The SMILES string of the molecule is C=C/C=C\c1[nH]c(/C=C\C)c(/C=C\C)c1C=C. The van der Waals surface area contributed by atoms with Gasteiger partial charge in [0.05, 0.1) is 0 Å². The summed E-state index contributed by atoms with van der Waals surface area (Å²) in [4.78, 5) is 3.38. The van der Waals surface area contributed by atoms with Gasteiger partial charge in [-0.15, -0.1) is 0 Å². The van der Waals surface area contributed by atoms with Crippen LogP contribution in [0.4, 0.5) is 0 Å². The van der Waals surface area contributed by atoms with Gasteiger partial charge in [0.25, 0.3) is 0 Å². The molecule has 0 unspecified atom stereocenters. The molecule has 0 radical (unpaired) electrons. The summed E-state index contributed by atoms with van der Waals surface area (Å²) >= 11 is 0. The monoisotopic (exact) mass is 225 g/mol. The summed E-state index contributed by atoms with van der Waals surface area (Å²) in [5.41, 5.74) is 4.45. The zero-order valence-corrected chi connectivity index (χ0v) is 10.5. The molecule has 0 aliphatic carbocycles. The van der Waals surface area contributed by atoms with E-state index in [9.17, 15) is 0 Å². The number of nitrogens with one attached hydrogen (secondary N) is 1. The number of aromatic nitrogens is 1. The van der Waals surface area contributed by atoms with Gasteiger partial charge in [0, 0.05) is 22.5 Å². The number of rotatable bonds is 5. The average molecular weight is 225 g/mol. The predicted octanol–water partition coefficient (Wildman–Crippen LogP) is 4.92. The fourth-order valence-electron chi connectivity index (χ4n) is 1.73. The quantitative estimate of drug-likeness (QED) is 0.684. The van der Waals surface area contributed by atoms with Crippen LogP contribution in [-0.4, -0.2) is 4.98 Å². The molecule has 17 heavy (non-hydrogen) atoms. The highest BCUT2D eigenvalue weighted by molar-refractivity contribution is 5.78. The number of hydrogen-bond acceptors (Lipinski definition) is 0. The van der Waals surface area contributed by atoms with E-state index in [2.05, 4.69) is 30.3 Å². The molecule has 0 bridgehead atoms. The van der Waals surface area contributed by atoms with Gasteiger partial charge in [-0.1, -0.05) is 49.6 Å². The number of aromatic amines is 1. The van der Waals surface area contributed by atoms with Crippen molar-refractivity contribution in [2.45, 2.75) is 13.8 Å². The van der Waals surface area contributed by atoms with Crippen LogP contribution in [0.2, 0.25) is 0 Å². The van der Waals surface area contributed by atoms with E-state index in [1.807, 2.05) is 44.2 Å². The third-order valence-corrected chi connectivity index (χ3v) is 2.41. The van der Waals surface area contributed by atoms with Crippen molar-refractivity contribution in [3.05, 3.63) is 60.0 Å². The molecule has 1 heteroatoms. The summed E-state index contributed by atoms with van der Waals surface area (Å²) in [7, 11) is 0. The molecular formula is C16H19N. The summed E-state index contributed by atoms with van der Waals surface area (Å²) in [5.74, 6) is 0. The Morgan fingerprint density at radius 3 is 2.06 bits per heavy atom. The Morgan fingerprint density at radius 2 is 1.53 bits per heavy atom. The molecule has 0 fully saturated rings. The Kier molecular flexibility index (Phi) is 5.02. The van der Waals surface area contributed by atoms with E-state index in [1.54, 1.807) is 6.08 Å². The number of allylic oxidation sites excluding steroid dienone is 4. The van der Waals surface area contributed by atoms with Crippen LogP contribution in [0.1, 0.15) is 36.4 Å². The smallest absolute Gasteiger partial charge is 0.0464 e. The molecule has 0 amide bonds. The first-order valence-electron chi connectivity index (χ1n) is 5.71.